The van der Waals surface area contributed by atoms with Gasteiger partial charge in [-0.1, -0.05) is 0 Å². The molecule has 16 heavy (non-hydrogen) atoms. The summed E-state index contributed by atoms with van der Waals surface area (Å²) >= 11 is 0. The standard InChI is InChI=1S/C11H14N2O3/c1-6-4-5-9(8(3)12-6)13-10(14)7(2)11(15)16/h4-5,7H,1-3H3,(H,13,14)(H,15,16). The summed E-state index contributed by atoms with van der Waals surface area (Å²) in [6.07, 6.45) is 0. The lowest BCUT2D eigenvalue weighted by Gasteiger charge is -2.10. The molecule has 1 heterocycles. The highest BCUT2D eigenvalue weighted by Crippen LogP contribution is 2.13. The molecule has 5 nitrogen and oxygen atoms in total. The SMILES string of the molecule is Cc1ccc(NC(=O)C(C)C(=O)O)c(C)n1. The van der Waals surface area contributed by atoms with Crippen molar-refractivity contribution in [1.82, 2.24) is 4.98 Å². The molecule has 1 amide bonds. The Balaban J connectivity index is 2.81. The largest absolute Gasteiger partial charge is 0.481 e. The van der Waals surface area contributed by atoms with Crippen molar-refractivity contribution in [2.45, 2.75) is 20.8 Å². The minimum atomic E-state index is -1.14. The first kappa shape index (κ1) is 12.2. The van der Waals surface area contributed by atoms with Gasteiger partial charge in [-0.15, -0.1) is 0 Å². The molecule has 86 valence electrons. The van der Waals surface area contributed by atoms with Gasteiger partial charge < -0.3 is 10.4 Å². The van der Waals surface area contributed by atoms with E-state index < -0.39 is 17.8 Å². The van der Waals surface area contributed by atoms with E-state index in [2.05, 4.69) is 10.3 Å². The monoisotopic (exact) mass is 222 g/mol. The second-order valence-electron chi connectivity index (χ2n) is 3.63. The smallest absolute Gasteiger partial charge is 0.315 e. The number of anilines is 1. The molecule has 1 unspecified atom stereocenters. The molecule has 1 rings (SSSR count). The van der Waals surface area contributed by atoms with Crippen LogP contribution in [0.25, 0.3) is 0 Å². The third kappa shape index (κ3) is 2.79. The Hall–Kier alpha value is -1.91. The van der Waals surface area contributed by atoms with Crippen LogP contribution >= 0.6 is 0 Å². The summed E-state index contributed by atoms with van der Waals surface area (Å²) < 4.78 is 0. The summed E-state index contributed by atoms with van der Waals surface area (Å²) in [5, 5.41) is 11.2. The molecule has 2 N–H and O–H groups in total. The number of amides is 1. The van der Waals surface area contributed by atoms with Gasteiger partial charge in [-0.2, -0.15) is 0 Å². The zero-order valence-corrected chi connectivity index (χ0v) is 9.44. The number of carboxylic acid groups (broad SMARTS) is 1. The predicted molar refractivity (Wildman–Crippen MR) is 59.1 cm³/mol. The number of pyridine rings is 1. The fourth-order valence-corrected chi connectivity index (χ4v) is 1.17. The van der Waals surface area contributed by atoms with E-state index in [0.29, 0.717) is 11.4 Å². The van der Waals surface area contributed by atoms with Gasteiger partial charge in [0.2, 0.25) is 5.91 Å². The second kappa shape index (κ2) is 4.74. The quantitative estimate of drug-likeness (QED) is 0.757. The molecule has 0 spiro atoms. The molecule has 0 aliphatic rings. The molecular formula is C11H14N2O3. The molecule has 0 aliphatic heterocycles. The van der Waals surface area contributed by atoms with Crippen LogP contribution in [0.4, 0.5) is 5.69 Å². The molecular weight excluding hydrogens is 208 g/mol. The average Bonchev–Trinajstić information content (AvgIpc) is 2.20. The zero-order chi connectivity index (χ0) is 12.3. The maximum Gasteiger partial charge on any atom is 0.315 e. The van der Waals surface area contributed by atoms with E-state index in [1.165, 1.54) is 6.92 Å². The van der Waals surface area contributed by atoms with Crippen molar-refractivity contribution >= 4 is 17.6 Å². The summed E-state index contributed by atoms with van der Waals surface area (Å²) in [5.74, 6) is -2.75. The van der Waals surface area contributed by atoms with E-state index >= 15 is 0 Å². The Morgan fingerprint density at radius 2 is 2.00 bits per heavy atom. The number of aliphatic carboxylic acids is 1. The average molecular weight is 222 g/mol. The fourth-order valence-electron chi connectivity index (χ4n) is 1.17. The lowest BCUT2D eigenvalue weighted by molar-refractivity contribution is -0.144. The number of rotatable bonds is 3. The third-order valence-electron chi connectivity index (χ3n) is 2.25. The summed E-state index contributed by atoms with van der Waals surface area (Å²) in [4.78, 5) is 26.2. The number of aromatic nitrogens is 1. The van der Waals surface area contributed by atoms with Crippen LogP contribution in [-0.2, 0) is 9.59 Å². The van der Waals surface area contributed by atoms with E-state index in [1.807, 2.05) is 6.92 Å². The first-order valence-corrected chi connectivity index (χ1v) is 4.89. The maximum absolute atomic E-state index is 11.5. The topological polar surface area (TPSA) is 79.3 Å². The van der Waals surface area contributed by atoms with E-state index in [1.54, 1.807) is 19.1 Å². The van der Waals surface area contributed by atoms with Crippen molar-refractivity contribution in [2.75, 3.05) is 5.32 Å². The van der Waals surface area contributed by atoms with Gasteiger partial charge in [-0.05, 0) is 32.9 Å². The van der Waals surface area contributed by atoms with E-state index in [0.717, 1.165) is 5.69 Å². The fraction of sp³-hybridized carbons (Fsp3) is 0.364. The number of carboxylic acids is 1. The van der Waals surface area contributed by atoms with Gasteiger partial charge in [0.05, 0.1) is 11.4 Å². The maximum atomic E-state index is 11.5. The lowest BCUT2D eigenvalue weighted by atomic mass is 10.1. The van der Waals surface area contributed by atoms with Gasteiger partial charge in [0.1, 0.15) is 5.92 Å². The highest BCUT2D eigenvalue weighted by Gasteiger charge is 2.20. The first-order valence-electron chi connectivity index (χ1n) is 4.89. The van der Waals surface area contributed by atoms with Crippen molar-refractivity contribution in [3.8, 4) is 0 Å². The molecule has 5 heteroatoms. The van der Waals surface area contributed by atoms with Crippen LogP contribution in [-0.4, -0.2) is 22.0 Å². The van der Waals surface area contributed by atoms with Gasteiger partial charge in [-0.3, -0.25) is 14.6 Å². The van der Waals surface area contributed by atoms with Crippen LogP contribution in [0.3, 0.4) is 0 Å². The number of carbonyl (C=O) groups excluding carboxylic acids is 1. The van der Waals surface area contributed by atoms with Crippen molar-refractivity contribution in [2.24, 2.45) is 5.92 Å². The molecule has 1 aromatic rings. The number of hydrogen-bond donors (Lipinski definition) is 2. The summed E-state index contributed by atoms with van der Waals surface area (Å²) in [6, 6.07) is 3.47. The Morgan fingerprint density at radius 1 is 1.38 bits per heavy atom. The minimum absolute atomic E-state index is 0.541. The van der Waals surface area contributed by atoms with Crippen LogP contribution < -0.4 is 5.32 Å². The van der Waals surface area contributed by atoms with Gasteiger partial charge in [0, 0.05) is 5.69 Å². The van der Waals surface area contributed by atoms with Crippen molar-refractivity contribution in [3.63, 3.8) is 0 Å². The van der Waals surface area contributed by atoms with Crippen molar-refractivity contribution in [1.29, 1.82) is 0 Å². The minimum Gasteiger partial charge on any atom is -0.481 e. The summed E-state index contributed by atoms with van der Waals surface area (Å²) in [6.45, 7) is 4.95. The predicted octanol–water partition coefficient (Wildman–Crippen LogP) is 1.36. The molecule has 0 fully saturated rings. The highest BCUT2D eigenvalue weighted by atomic mass is 16.4. The molecule has 0 bridgehead atoms. The third-order valence-corrected chi connectivity index (χ3v) is 2.25. The van der Waals surface area contributed by atoms with Gasteiger partial charge >= 0.3 is 5.97 Å². The molecule has 0 aromatic carbocycles. The van der Waals surface area contributed by atoms with Gasteiger partial charge in [0.15, 0.2) is 0 Å². The number of carbonyl (C=O) groups is 2. The van der Waals surface area contributed by atoms with Crippen LogP contribution in [0.5, 0.6) is 0 Å². The molecule has 0 saturated heterocycles. The Labute approximate surface area is 93.5 Å². The molecule has 0 aliphatic carbocycles. The van der Waals surface area contributed by atoms with E-state index in [9.17, 15) is 9.59 Å². The summed E-state index contributed by atoms with van der Waals surface area (Å²) in [7, 11) is 0. The van der Waals surface area contributed by atoms with Crippen LogP contribution in [0.1, 0.15) is 18.3 Å². The van der Waals surface area contributed by atoms with Crippen LogP contribution in [0.15, 0.2) is 12.1 Å². The first-order chi connectivity index (χ1) is 7.41. The van der Waals surface area contributed by atoms with Crippen molar-refractivity contribution < 1.29 is 14.7 Å². The number of nitrogens with zero attached hydrogens (tertiary/aromatic N) is 1. The number of aryl methyl sites for hydroxylation is 2. The van der Waals surface area contributed by atoms with Gasteiger partial charge in [0.25, 0.3) is 0 Å². The number of hydrogen-bond acceptors (Lipinski definition) is 3. The molecule has 0 saturated carbocycles. The zero-order valence-electron chi connectivity index (χ0n) is 9.44. The Kier molecular flexibility index (Phi) is 3.60. The van der Waals surface area contributed by atoms with E-state index in [4.69, 9.17) is 5.11 Å². The molecule has 0 radical (unpaired) electrons. The molecule has 1 aromatic heterocycles. The number of nitrogens with one attached hydrogen (secondary N) is 1. The lowest BCUT2D eigenvalue weighted by Crippen LogP contribution is -2.27. The van der Waals surface area contributed by atoms with Crippen LogP contribution in [0.2, 0.25) is 0 Å². The summed E-state index contributed by atoms with van der Waals surface area (Å²) in [5.41, 5.74) is 2.07. The molecule has 1 atom stereocenters. The van der Waals surface area contributed by atoms with E-state index in [-0.39, 0.29) is 0 Å². The normalized spacial score (nSPS) is 11.9. The highest BCUT2D eigenvalue weighted by molar-refractivity contribution is 6.04. The van der Waals surface area contributed by atoms with Crippen LogP contribution in [0, 0.1) is 19.8 Å². The van der Waals surface area contributed by atoms with Crippen molar-refractivity contribution in [3.05, 3.63) is 23.5 Å². The Bertz CT molecular complexity index is 429. The van der Waals surface area contributed by atoms with Gasteiger partial charge in [-0.25, -0.2) is 0 Å². The second-order valence-corrected chi connectivity index (χ2v) is 3.63. The Morgan fingerprint density at radius 3 is 2.50 bits per heavy atom.